The van der Waals surface area contributed by atoms with Gasteiger partial charge >= 0.3 is 0 Å². The third-order valence-corrected chi connectivity index (χ3v) is 4.03. The van der Waals surface area contributed by atoms with E-state index in [1.54, 1.807) is 25.5 Å². The lowest BCUT2D eigenvalue weighted by atomic mass is 10.2. The van der Waals surface area contributed by atoms with Crippen molar-refractivity contribution in [2.75, 3.05) is 0 Å². The molecule has 0 saturated carbocycles. The SMILES string of the molecule is Cc1nc(S(=O)(=O)NC(C)CC(C)Cl)cn1C. The molecule has 2 atom stereocenters. The van der Waals surface area contributed by atoms with Gasteiger partial charge in [0, 0.05) is 24.7 Å². The molecular weight excluding hydrogens is 262 g/mol. The summed E-state index contributed by atoms with van der Waals surface area (Å²) >= 11 is 5.82. The maximum absolute atomic E-state index is 12.0. The molecule has 0 aliphatic rings. The molecule has 0 spiro atoms. The highest BCUT2D eigenvalue weighted by Gasteiger charge is 2.21. The normalized spacial score (nSPS) is 15.8. The molecule has 1 heterocycles. The van der Waals surface area contributed by atoms with Crippen molar-refractivity contribution in [1.29, 1.82) is 0 Å². The number of hydrogen-bond donors (Lipinski definition) is 1. The molecule has 0 aromatic carbocycles. The van der Waals surface area contributed by atoms with Crippen LogP contribution in [0.5, 0.6) is 0 Å². The van der Waals surface area contributed by atoms with Gasteiger partial charge in [-0.25, -0.2) is 18.1 Å². The summed E-state index contributed by atoms with van der Waals surface area (Å²) in [7, 11) is -1.79. The van der Waals surface area contributed by atoms with Gasteiger partial charge in [-0.15, -0.1) is 11.6 Å². The summed E-state index contributed by atoms with van der Waals surface area (Å²) < 4.78 is 28.1. The molecule has 0 saturated heterocycles. The summed E-state index contributed by atoms with van der Waals surface area (Å²) in [5, 5.41) is -0.0234. The average molecular weight is 280 g/mol. The number of halogens is 1. The minimum atomic E-state index is -3.55. The quantitative estimate of drug-likeness (QED) is 0.829. The van der Waals surface area contributed by atoms with E-state index < -0.39 is 10.0 Å². The molecule has 1 aromatic heterocycles. The lowest BCUT2D eigenvalue weighted by Gasteiger charge is -2.13. The van der Waals surface area contributed by atoms with Crippen LogP contribution >= 0.6 is 11.6 Å². The number of sulfonamides is 1. The van der Waals surface area contributed by atoms with Crippen molar-refractivity contribution in [2.45, 2.75) is 43.6 Å². The fraction of sp³-hybridized carbons (Fsp3) is 0.700. The van der Waals surface area contributed by atoms with Crippen LogP contribution in [0.1, 0.15) is 26.1 Å². The molecule has 1 rings (SSSR count). The maximum atomic E-state index is 12.0. The minimum absolute atomic E-state index is 0.0478. The van der Waals surface area contributed by atoms with E-state index in [1.807, 2.05) is 6.92 Å². The monoisotopic (exact) mass is 279 g/mol. The number of aromatic nitrogens is 2. The zero-order valence-corrected chi connectivity index (χ0v) is 12.0. The highest BCUT2D eigenvalue weighted by molar-refractivity contribution is 7.89. The highest BCUT2D eigenvalue weighted by atomic mass is 35.5. The fourth-order valence-electron chi connectivity index (χ4n) is 1.52. The summed E-state index contributed by atoms with van der Waals surface area (Å²) in [6, 6.07) is -0.213. The Kier molecular flexibility index (Phi) is 4.57. The molecule has 0 fully saturated rings. The second-order valence-corrected chi connectivity index (χ2v) is 6.68. The van der Waals surface area contributed by atoms with E-state index in [2.05, 4.69) is 9.71 Å². The van der Waals surface area contributed by atoms with Crippen LogP contribution in [0.15, 0.2) is 11.2 Å². The van der Waals surface area contributed by atoms with E-state index in [0.717, 1.165) is 0 Å². The van der Waals surface area contributed by atoms with E-state index in [0.29, 0.717) is 12.2 Å². The molecule has 0 aliphatic carbocycles. The molecule has 5 nitrogen and oxygen atoms in total. The van der Waals surface area contributed by atoms with E-state index in [4.69, 9.17) is 11.6 Å². The molecule has 17 heavy (non-hydrogen) atoms. The summed E-state index contributed by atoms with van der Waals surface area (Å²) in [4.78, 5) is 3.99. The maximum Gasteiger partial charge on any atom is 0.259 e. The Balaban J connectivity index is 2.82. The topological polar surface area (TPSA) is 64.0 Å². The van der Waals surface area contributed by atoms with Crippen molar-refractivity contribution in [1.82, 2.24) is 14.3 Å². The van der Waals surface area contributed by atoms with Gasteiger partial charge in [0.05, 0.1) is 0 Å². The predicted octanol–water partition coefficient (Wildman–Crippen LogP) is 1.41. The Hall–Kier alpha value is -0.590. The summed E-state index contributed by atoms with van der Waals surface area (Å²) in [5.41, 5.74) is 0. The van der Waals surface area contributed by atoms with Crippen LogP contribution in [0.4, 0.5) is 0 Å². The van der Waals surface area contributed by atoms with Crippen molar-refractivity contribution < 1.29 is 8.42 Å². The number of rotatable bonds is 5. The molecule has 0 aliphatic heterocycles. The zero-order chi connectivity index (χ0) is 13.2. The number of hydrogen-bond acceptors (Lipinski definition) is 3. The van der Waals surface area contributed by atoms with Crippen LogP contribution in [0.3, 0.4) is 0 Å². The Morgan fingerprint density at radius 2 is 2.12 bits per heavy atom. The lowest BCUT2D eigenvalue weighted by Crippen LogP contribution is -2.34. The molecule has 1 aromatic rings. The van der Waals surface area contributed by atoms with Crippen molar-refractivity contribution in [3.63, 3.8) is 0 Å². The highest BCUT2D eigenvalue weighted by Crippen LogP contribution is 2.11. The van der Waals surface area contributed by atoms with Crippen LogP contribution < -0.4 is 4.72 Å². The third-order valence-electron chi connectivity index (χ3n) is 2.40. The van der Waals surface area contributed by atoms with E-state index in [9.17, 15) is 8.42 Å². The summed E-state index contributed by atoms with van der Waals surface area (Å²) in [6.07, 6.45) is 2.07. The molecule has 98 valence electrons. The predicted molar refractivity (Wildman–Crippen MR) is 67.7 cm³/mol. The molecule has 7 heteroatoms. The molecule has 2 unspecified atom stereocenters. The van der Waals surface area contributed by atoms with Crippen LogP contribution in [-0.4, -0.2) is 29.4 Å². The second-order valence-electron chi connectivity index (χ2n) is 4.28. The number of imidazole rings is 1. The number of alkyl halides is 1. The van der Waals surface area contributed by atoms with Crippen LogP contribution in [0.25, 0.3) is 0 Å². The van der Waals surface area contributed by atoms with Gasteiger partial charge in [-0.2, -0.15) is 0 Å². The average Bonchev–Trinajstić information content (AvgIpc) is 2.44. The van der Waals surface area contributed by atoms with Crippen LogP contribution in [-0.2, 0) is 17.1 Å². The largest absolute Gasteiger partial charge is 0.337 e. The third kappa shape index (κ3) is 3.97. The van der Waals surface area contributed by atoms with Gasteiger partial charge in [-0.1, -0.05) is 0 Å². The van der Waals surface area contributed by atoms with Gasteiger partial charge < -0.3 is 4.57 Å². The van der Waals surface area contributed by atoms with Gasteiger partial charge in [0.15, 0.2) is 5.03 Å². The molecule has 0 amide bonds. The first-order valence-corrected chi connectivity index (χ1v) is 7.30. The van der Waals surface area contributed by atoms with Crippen LogP contribution in [0.2, 0.25) is 0 Å². The summed E-state index contributed by atoms with van der Waals surface area (Å²) in [5.74, 6) is 0.656. The van der Waals surface area contributed by atoms with E-state index in [-0.39, 0.29) is 16.4 Å². The summed E-state index contributed by atoms with van der Waals surface area (Å²) in [6.45, 7) is 5.37. The number of aryl methyl sites for hydroxylation is 2. The van der Waals surface area contributed by atoms with Gasteiger partial charge in [-0.05, 0) is 27.2 Å². The van der Waals surface area contributed by atoms with Crippen molar-refractivity contribution in [2.24, 2.45) is 7.05 Å². The van der Waals surface area contributed by atoms with E-state index >= 15 is 0 Å². The Bertz CT molecular complexity index is 462. The van der Waals surface area contributed by atoms with Crippen molar-refractivity contribution in [3.05, 3.63) is 12.0 Å². The molecule has 1 N–H and O–H groups in total. The fourth-order valence-corrected chi connectivity index (χ4v) is 3.08. The van der Waals surface area contributed by atoms with Gasteiger partial charge in [-0.3, -0.25) is 0 Å². The molecule has 0 bridgehead atoms. The van der Waals surface area contributed by atoms with Gasteiger partial charge in [0.2, 0.25) is 0 Å². The van der Waals surface area contributed by atoms with Crippen molar-refractivity contribution in [3.8, 4) is 0 Å². The molecule has 0 radical (unpaired) electrons. The smallest absolute Gasteiger partial charge is 0.259 e. The van der Waals surface area contributed by atoms with Crippen molar-refractivity contribution >= 4 is 21.6 Å². The second kappa shape index (κ2) is 5.37. The first-order chi connectivity index (χ1) is 7.72. The zero-order valence-electron chi connectivity index (χ0n) is 10.4. The van der Waals surface area contributed by atoms with Gasteiger partial charge in [0.25, 0.3) is 10.0 Å². The number of nitrogens with zero attached hydrogens (tertiary/aromatic N) is 2. The first kappa shape index (κ1) is 14.5. The van der Waals surface area contributed by atoms with Gasteiger partial charge in [0.1, 0.15) is 5.82 Å². The Morgan fingerprint density at radius 3 is 2.53 bits per heavy atom. The lowest BCUT2D eigenvalue weighted by molar-refractivity contribution is 0.543. The van der Waals surface area contributed by atoms with Crippen LogP contribution in [0, 0.1) is 6.92 Å². The minimum Gasteiger partial charge on any atom is -0.337 e. The first-order valence-electron chi connectivity index (χ1n) is 5.38. The standard InChI is InChI=1S/C10H18ClN3O2S/c1-7(11)5-8(2)13-17(15,16)10-6-14(4)9(3)12-10/h6-8,13H,5H2,1-4H3. The number of nitrogens with one attached hydrogen (secondary N) is 1. The Morgan fingerprint density at radius 1 is 1.53 bits per heavy atom. The van der Waals surface area contributed by atoms with E-state index in [1.165, 1.54) is 6.20 Å². The Labute approximate surface area is 107 Å². The molecular formula is C10H18ClN3O2S.